The van der Waals surface area contributed by atoms with E-state index in [1.807, 2.05) is 31.6 Å². The summed E-state index contributed by atoms with van der Waals surface area (Å²) in [6, 6.07) is 3.82. The van der Waals surface area contributed by atoms with Gasteiger partial charge in [-0.1, -0.05) is 11.6 Å². The van der Waals surface area contributed by atoms with E-state index in [1.54, 1.807) is 17.1 Å². The van der Waals surface area contributed by atoms with Crippen LogP contribution in [-0.2, 0) is 7.05 Å². The van der Waals surface area contributed by atoms with E-state index in [1.165, 1.54) is 0 Å². The van der Waals surface area contributed by atoms with Gasteiger partial charge in [0, 0.05) is 36.6 Å². The molecule has 0 unspecified atom stereocenters. The highest BCUT2D eigenvalue weighted by Gasteiger charge is 2.07. The third-order valence-corrected chi connectivity index (χ3v) is 2.78. The molecule has 0 N–H and O–H groups in total. The standard InChI is InChI=1S/C12H9ClN4/c1-17-7-8(5-16-17)10-2-3-14-12-11(10)4-9(13)6-15-12/h2-7H,1H3. The van der Waals surface area contributed by atoms with Crippen LogP contribution in [-0.4, -0.2) is 19.7 Å². The van der Waals surface area contributed by atoms with Crippen molar-refractivity contribution in [2.24, 2.45) is 7.05 Å². The first-order valence-corrected chi connectivity index (χ1v) is 5.51. The second-order valence-corrected chi connectivity index (χ2v) is 4.22. The Morgan fingerprint density at radius 3 is 2.88 bits per heavy atom. The first-order valence-electron chi connectivity index (χ1n) is 5.13. The number of halogens is 1. The number of hydrogen-bond donors (Lipinski definition) is 0. The summed E-state index contributed by atoms with van der Waals surface area (Å²) in [5, 5.41) is 5.71. The van der Waals surface area contributed by atoms with Crippen molar-refractivity contribution in [3.8, 4) is 11.1 Å². The minimum Gasteiger partial charge on any atom is -0.275 e. The lowest BCUT2D eigenvalue weighted by molar-refractivity contribution is 0.768. The molecule has 4 nitrogen and oxygen atoms in total. The normalized spacial score (nSPS) is 10.9. The summed E-state index contributed by atoms with van der Waals surface area (Å²) in [7, 11) is 1.89. The van der Waals surface area contributed by atoms with E-state index in [4.69, 9.17) is 11.6 Å². The molecule has 3 aromatic heterocycles. The summed E-state index contributed by atoms with van der Waals surface area (Å²) < 4.78 is 1.76. The van der Waals surface area contributed by atoms with Crippen molar-refractivity contribution >= 4 is 22.6 Å². The van der Waals surface area contributed by atoms with Crippen LogP contribution in [0.5, 0.6) is 0 Å². The van der Waals surface area contributed by atoms with Gasteiger partial charge in [0.25, 0.3) is 0 Å². The minimum atomic E-state index is 0.607. The van der Waals surface area contributed by atoms with Crippen LogP contribution in [0.25, 0.3) is 22.2 Å². The highest BCUT2D eigenvalue weighted by molar-refractivity contribution is 6.31. The topological polar surface area (TPSA) is 43.6 Å². The second-order valence-electron chi connectivity index (χ2n) is 3.79. The molecule has 3 rings (SSSR count). The van der Waals surface area contributed by atoms with Crippen LogP contribution >= 0.6 is 11.6 Å². The molecule has 0 atom stereocenters. The fourth-order valence-electron chi connectivity index (χ4n) is 1.82. The molecule has 0 aliphatic carbocycles. The van der Waals surface area contributed by atoms with Crippen LogP contribution in [0.15, 0.2) is 36.9 Å². The Hall–Kier alpha value is -1.94. The molecule has 84 valence electrons. The summed E-state index contributed by atoms with van der Waals surface area (Å²) in [6.45, 7) is 0. The van der Waals surface area contributed by atoms with Gasteiger partial charge in [0.1, 0.15) is 0 Å². The quantitative estimate of drug-likeness (QED) is 0.661. The van der Waals surface area contributed by atoms with Crippen LogP contribution in [0.3, 0.4) is 0 Å². The summed E-state index contributed by atoms with van der Waals surface area (Å²) in [4.78, 5) is 8.42. The van der Waals surface area contributed by atoms with Crippen molar-refractivity contribution < 1.29 is 0 Å². The molecule has 0 aromatic carbocycles. The van der Waals surface area contributed by atoms with Crippen LogP contribution in [0.2, 0.25) is 5.02 Å². The predicted molar refractivity (Wildman–Crippen MR) is 66.8 cm³/mol. The zero-order valence-corrected chi connectivity index (χ0v) is 9.89. The molecule has 17 heavy (non-hydrogen) atoms. The number of nitrogens with zero attached hydrogens (tertiary/aromatic N) is 4. The molecule has 0 radical (unpaired) electrons. The predicted octanol–water partition coefficient (Wildman–Crippen LogP) is 2.68. The first kappa shape index (κ1) is 10.2. The molecule has 0 saturated heterocycles. The van der Waals surface area contributed by atoms with Gasteiger partial charge in [0.05, 0.1) is 11.2 Å². The number of pyridine rings is 2. The SMILES string of the molecule is Cn1cc(-c2ccnc3ncc(Cl)cc23)cn1. The molecule has 0 fully saturated rings. The van der Waals surface area contributed by atoms with Gasteiger partial charge in [0.15, 0.2) is 5.65 Å². The Labute approximate surface area is 103 Å². The highest BCUT2D eigenvalue weighted by Crippen LogP contribution is 2.27. The molecule has 0 aliphatic rings. The van der Waals surface area contributed by atoms with E-state index < -0.39 is 0 Å². The lowest BCUT2D eigenvalue weighted by Gasteiger charge is -2.03. The maximum atomic E-state index is 5.97. The average Bonchev–Trinajstić information content (AvgIpc) is 2.75. The van der Waals surface area contributed by atoms with Crippen molar-refractivity contribution in [3.05, 3.63) is 41.9 Å². The molecule has 3 aromatic rings. The molecule has 0 saturated carbocycles. The lowest BCUT2D eigenvalue weighted by Crippen LogP contribution is -1.87. The van der Waals surface area contributed by atoms with Crippen LogP contribution in [0.1, 0.15) is 0 Å². The van der Waals surface area contributed by atoms with Crippen molar-refractivity contribution in [1.82, 2.24) is 19.7 Å². The average molecular weight is 245 g/mol. The maximum Gasteiger partial charge on any atom is 0.159 e. The number of aromatic nitrogens is 4. The van der Waals surface area contributed by atoms with Gasteiger partial charge >= 0.3 is 0 Å². The van der Waals surface area contributed by atoms with Gasteiger partial charge in [-0.3, -0.25) is 4.68 Å². The smallest absolute Gasteiger partial charge is 0.159 e. The summed E-state index contributed by atoms with van der Waals surface area (Å²) in [5.41, 5.74) is 2.76. The van der Waals surface area contributed by atoms with Crippen molar-refractivity contribution in [2.45, 2.75) is 0 Å². The van der Waals surface area contributed by atoms with Crippen molar-refractivity contribution in [3.63, 3.8) is 0 Å². The van der Waals surface area contributed by atoms with E-state index in [2.05, 4.69) is 15.1 Å². The van der Waals surface area contributed by atoms with Crippen molar-refractivity contribution in [1.29, 1.82) is 0 Å². The summed E-state index contributed by atoms with van der Waals surface area (Å²) in [5.74, 6) is 0. The van der Waals surface area contributed by atoms with Gasteiger partial charge in [-0.05, 0) is 17.7 Å². The zero-order valence-electron chi connectivity index (χ0n) is 9.13. The Bertz CT molecular complexity index is 690. The van der Waals surface area contributed by atoms with Gasteiger partial charge in [-0.15, -0.1) is 0 Å². The molecule has 0 bridgehead atoms. The molecule has 5 heteroatoms. The third-order valence-electron chi connectivity index (χ3n) is 2.58. The number of aryl methyl sites for hydroxylation is 1. The van der Waals surface area contributed by atoms with Crippen LogP contribution < -0.4 is 0 Å². The van der Waals surface area contributed by atoms with E-state index >= 15 is 0 Å². The number of fused-ring (bicyclic) bond motifs is 1. The van der Waals surface area contributed by atoms with E-state index in [9.17, 15) is 0 Å². The molecular formula is C12H9ClN4. The zero-order chi connectivity index (χ0) is 11.8. The Balaban J connectivity index is 2.32. The fourth-order valence-corrected chi connectivity index (χ4v) is 1.98. The molecule has 3 heterocycles. The molecule has 0 spiro atoms. The largest absolute Gasteiger partial charge is 0.275 e. The van der Waals surface area contributed by atoms with Crippen LogP contribution in [0.4, 0.5) is 0 Å². The molecule has 0 amide bonds. The maximum absolute atomic E-state index is 5.97. The first-order chi connectivity index (χ1) is 8.24. The number of rotatable bonds is 1. The highest BCUT2D eigenvalue weighted by atomic mass is 35.5. The van der Waals surface area contributed by atoms with E-state index in [0.29, 0.717) is 10.7 Å². The lowest BCUT2D eigenvalue weighted by atomic mass is 10.1. The molecular weight excluding hydrogens is 236 g/mol. The van der Waals surface area contributed by atoms with Gasteiger partial charge < -0.3 is 0 Å². The van der Waals surface area contributed by atoms with Gasteiger partial charge in [-0.25, -0.2) is 9.97 Å². The van der Waals surface area contributed by atoms with Crippen molar-refractivity contribution in [2.75, 3.05) is 0 Å². The number of hydrogen-bond acceptors (Lipinski definition) is 3. The third kappa shape index (κ3) is 1.76. The van der Waals surface area contributed by atoms with Gasteiger partial charge in [-0.2, -0.15) is 5.10 Å². The minimum absolute atomic E-state index is 0.607. The Morgan fingerprint density at radius 1 is 1.24 bits per heavy atom. The Morgan fingerprint density at radius 2 is 2.12 bits per heavy atom. The summed E-state index contributed by atoms with van der Waals surface area (Å²) >= 11 is 5.97. The second kappa shape index (κ2) is 3.82. The molecule has 0 aliphatic heterocycles. The van der Waals surface area contributed by atoms with Gasteiger partial charge in [0.2, 0.25) is 0 Å². The monoisotopic (exact) mass is 244 g/mol. The van der Waals surface area contributed by atoms with E-state index in [-0.39, 0.29) is 0 Å². The van der Waals surface area contributed by atoms with E-state index in [0.717, 1.165) is 16.5 Å². The fraction of sp³-hybridized carbons (Fsp3) is 0.0833. The van der Waals surface area contributed by atoms with Crippen LogP contribution in [0, 0.1) is 0 Å². The Kier molecular flexibility index (Phi) is 2.30. The summed E-state index contributed by atoms with van der Waals surface area (Å²) in [6.07, 6.45) is 7.11.